The molecule has 0 amide bonds. The van der Waals surface area contributed by atoms with Crippen LogP contribution in [-0.4, -0.2) is 21.0 Å². The molecule has 0 bridgehead atoms. The van der Waals surface area contributed by atoms with Crippen LogP contribution < -0.4 is 4.74 Å². The van der Waals surface area contributed by atoms with E-state index < -0.39 is 5.97 Å². The largest absolute Gasteiger partial charge is 0.493 e. The second-order valence-electron chi connectivity index (χ2n) is 4.40. The second kappa shape index (κ2) is 5.50. The fourth-order valence-corrected chi connectivity index (χ4v) is 1.91. The van der Waals surface area contributed by atoms with Crippen LogP contribution in [0.5, 0.6) is 11.6 Å². The van der Waals surface area contributed by atoms with Crippen molar-refractivity contribution in [3.8, 4) is 23.0 Å². The Morgan fingerprint density at radius 2 is 1.90 bits per heavy atom. The number of nitrogens with zero attached hydrogens (tertiary/aromatic N) is 1. The van der Waals surface area contributed by atoms with Crippen LogP contribution in [0.3, 0.4) is 0 Å². The van der Waals surface area contributed by atoms with E-state index in [1.54, 1.807) is 48.5 Å². The van der Waals surface area contributed by atoms with Gasteiger partial charge in [0.05, 0.1) is 11.8 Å². The van der Waals surface area contributed by atoms with E-state index in [1.165, 1.54) is 6.20 Å². The number of para-hydroxylation sites is 1. The van der Waals surface area contributed by atoms with Gasteiger partial charge in [0.25, 0.3) is 0 Å². The van der Waals surface area contributed by atoms with Crippen molar-refractivity contribution in [3.63, 3.8) is 0 Å². The summed E-state index contributed by atoms with van der Waals surface area (Å²) in [5.41, 5.74) is 1.10. The molecule has 3 rings (SSSR count). The summed E-state index contributed by atoms with van der Waals surface area (Å²) in [6.45, 7) is 0. The van der Waals surface area contributed by atoms with Gasteiger partial charge in [-0.2, -0.15) is 0 Å². The first-order valence-corrected chi connectivity index (χ1v) is 6.34. The molecule has 0 aliphatic heterocycles. The molecule has 2 aromatic carbocycles. The number of ether oxygens (including phenoxy) is 1. The van der Waals surface area contributed by atoms with Crippen molar-refractivity contribution in [3.05, 3.63) is 66.4 Å². The van der Waals surface area contributed by atoms with Crippen molar-refractivity contribution >= 4 is 5.97 Å². The van der Waals surface area contributed by atoms with Gasteiger partial charge in [-0.05, 0) is 24.3 Å². The van der Waals surface area contributed by atoms with Crippen molar-refractivity contribution in [2.24, 2.45) is 0 Å². The number of benzene rings is 2. The lowest BCUT2D eigenvalue weighted by molar-refractivity contribution is 0.0735. The van der Waals surface area contributed by atoms with Crippen molar-refractivity contribution < 1.29 is 14.6 Å². The molecule has 1 heterocycles. The third kappa shape index (κ3) is 2.92. The number of H-pyrrole nitrogens is 1. The fourth-order valence-electron chi connectivity index (χ4n) is 1.91. The fraction of sp³-hybridized carbons (Fsp3) is 0. The van der Waals surface area contributed by atoms with Crippen molar-refractivity contribution in [1.29, 1.82) is 0 Å². The lowest BCUT2D eigenvalue weighted by atomic mass is 10.1. The molecular weight excluding hydrogens is 268 g/mol. The first-order valence-electron chi connectivity index (χ1n) is 6.34. The number of esters is 1. The van der Waals surface area contributed by atoms with Gasteiger partial charge in [0.1, 0.15) is 11.6 Å². The molecule has 0 spiro atoms. The highest BCUT2D eigenvalue weighted by molar-refractivity contribution is 5.92. The molecule has 5 heteroatoms. The number of nitrogens with one attached hydrogen (secondary N) is 1. The van der Waals surface area contributed by atoms with Gasteiger partial charge >= 0.3 is 5.97 Å². The normalized spacial score (nSPS) is 10.3. The standard InChI is InChI=1S/C16H12N2O3/c19-14-10-17-15(18-14)11-5-4-6-12(9-11)16(20)21-13-7-2-1-3-8-13/h1-10,19H,(H,17,18). The summed E-state index contributed by atoms with van der Waals surface area (Å²) < 4.78 is 5.28. The Kier molecular flexibility index (Phi) is 3.39. The zero-order valence-electron chi connectivity index (χ0n) is 11.0. The number of aromatic amines is 1. The van der Waals surface area contributed by atoms with Crippen LogP contribution >= 0.6 is 0 Å². The molecule has 0 fully saturated rings. The van der Waals surface area contributed by atoms with Gasteiger partial charge < -0.3 is 14.8 Å². The molecule has 5 nitrogen and oxygen atoms in total. The van der Waals surface area contributed by atoms with Crippen LogP contribution in [-0.2, 0) is 0 Å². The van der Waals surface area contributed by atoms with Crippen LogP contribution in [0.25, 0.3) is 11.4 Å². The van der Waals surface area contributed by atoms with Crippen LogP contribution in [0.15, 0.2) is 60.8 Å². The Morgan fingerprint density at radius 1 is 1.10 bits per heavy atom. The van der Waals surface area contributed by atoms with Gasteiger partial charge in [-0.25, -0.2) is 9.78 Å². The summed E-state index contributed by atoms with van der Waals surface area (Å²) in [6, 6.07) is 15.7. The van der Waals surface area contributed by atoms with Crippen LogP contribution in [0.2, 0.25) is 0 Å². The minimum Gasteiger partial charge on any atom is -0.493 e. The maximum Gasteiger partial charge on any atom is 0.343 e. The summed E-state index contributed by atoms with van der Waals surface area (Å²) in [6.07, 6.45) is 1.31. The number of rotatable bonds is 3. The molecule has 0 saturated carbocycles. The van der Waals surface area contributed by atoms with Gasteiger partial charge in [0, 0.05) is 5.56 Å². The van der Waals surface area contributed by atoms with Crippen molar-refractivity contribution in [1.82, 2.24) is 9.97 Å². The lowest BCUT2D eigenvalue weighted by Crippen LogP contribution is -2.08. The average Bonchev–Trinajstić information content (AvgIpc) is 2.95. The molecule has 21 heavy (non-hydrogen) atoms. The van der Waals surface area contributed by atoms with Gasteiger partial charge in [-0.1, -0.05) is 30.3 Å². The van der Waals surface area contributed by atoms with E-state index in [-0.39, 0.29) is 5.88 Å². The summed E-state index contributed by atoms with van der Waals surface area (Å²) in [4.78, 5) is 18.8. The maximum atomic E-state index is 12.1. The predicted molar refractivity (Wildman–Crippen MR) is 77.1 cm³/mol. The molecule has 0 saturated heterocycles. The van der Waals surface area contributed by atoms with Crippen LogP contribution in [0.4, 0.5) is 0 Å². The lowest BCUT2D eigenvalue weighted by Gasteiger charge is -2.05. The van der Waals surface area contributed by atoms with E-state index in [2.05, 4.69) is 9.97 Å². The number of carbonyl (C=O) groups excluding carboxylic acids is 1. The summed E-state index contributed by atoms with van der Waals surface area (Å²) in [7, 11) is 0. The average molecular weight is 280 g/mol. The Hall–Kier alpha value is -3.08. The van der Waals surface area contributed by atoms with E-state index in [0.29, 0.717) is 22.7 Å². The Bertz CT molecular complexity index is 766. The highest BCUT2D eigenvalue weighted by atomic mass is 16.5. The van der Waals surface area contributed by atoms with Crippen molar-refractivity contribution in [2.45, 2.75) is 0 Å². The molecule has 2 N–H and O–H groups in total. The first-order chi connectivity index (χ1) is 10.2. The molecule has 0 radical (unpaired) electrons. The molecule has 3 aromatic rings. The smallest absolute Gasteiger partial charge is 0.343 e. The molecular formula is C16H12N2O3. The third-order valence-electron chi connectivity index (χ3n) is 2.89. The van der Waals surface area contributed by atoms with E-state index in [0.717, 1.165) is 0 Å². The highest BCUT2D eigenvalue weighted by Crippen LogP contribution is 2.20. The maximum absolute atomic E-state index is 12.1. The number of hydrogen-bond donors (Lipinski definition) is 2. The zero-order valence-corrected chi connectivity index (χ0v) is 11.0. The second-order valence-corrected chi connectivity index (χ2v) is 4.40. The van der Waals surface area contributed by atoms with Crippen LogP contribution in [0.1, 0.15) is 10.4 Å². The topological polar surface area (TPSA) is 75.2 Å². The van der Waals surface area contributed by atoms with Gasteiger partial charge in [-0.3, -0.25) is 0 Å². The molecule has 0 aliphatic rings. The first kappa shape index (κ1) is 12.9. The minimum atomic E-state index is -0.446. The van der Waals surface area contributed by atoms with E-state index in [1.807, 2.05) is 6.07 Å². The Labute approximate surface area is 120 Å². The molecule has 0 unspecified atom stereocenters. The van der Waals surface area contributed by atoms with E-state index >= 15 is 0 Å². The van der Waals surface area contributed by atoms with Crippen molar-refractivity contribution in [2.75, 3.05) is 0 Å². The minimum absolute atomic E-state index is 0.0257. The SMILES string of the molecule is O=C(Oc1ccccc1)c1cccc(-c2ncc(O)[nH]2)c1. The van der Waals surface area contributed by atoms with Gasteiger partial charge in [0.2, 0.25) is 5.88 Å². The molecule has 1 aromatic heterocycles. The summed E-state index contributed by atoms with van der Waals surface area (Å²) in [5.74, 6) is 0.506. The number of aromatic hydroxyl groups is 1. The van der Waals surface area contributed by atoms with Gasteiger partial charge in [0.15, 0.2) is 0 Å². The number of hydrogen-bond acceptors (Lipinski definition) is 4. The number of imidazole rings is 1. The molecule has 0 aliphatic carbocycles. The number of aromatic nitrogens is 2. The molecule has 104 valence electrons. The third-order valence-corrected chi connectivity index (χ3v) is 2.89. The quantitative estimate of drug-likeness (QED) is 0.571. The highest BCUT2D eigenvalue weighted by Gasteiger charge is 2.11. The molecule has 0 atom stereocenters. The van der Waals surface area contributed by atoms with E-state index in [9.17, 15) is 9.90 Å². The summed E-state index contributed by atoms with van der Waals surface area (Å²) >= 11 is 0. The zero-order chi connectivity index (χ0) is 14.7. The predicted octanol–water partition coefficient (Wildman–Crippen LogP) is 3.00. The monoisotopic (exact) mass is 280 g/mol. The van der Waals surface area contributed by atoms with Gasteiger partial charge in [-0.15, -0.1) is 0 Å². The Morgan fingerprint density at radius 3 is 2.62 bits per heavy atom. The van der Waals surface area contributed by atoms with Crippen LogP contribution in [0, 0.1) is 0 Å². The number of carbonyl (C=O) groups is 1. The van der Waals surface area contributed by atoms with E-state index in [4.69, 9.17) is 4.74 Å². The Balaban J connectivity index is 1.84. The summed E-state index contributed by atoms with van der Waals surface area (Å²) in [5, 5.41) is 9.28.